The maximum Gasteiger partial charge on any atom is 0.203 e. The summed E-state index contributed by atoms with van der Waals surface area (Å²) in [5.74, 6) is 1.02. The minimum Gasteiger partial charge on any atom is -0.449 e. The van der Waals surface area contributed by atoms with Crippen LogP contribution in [0.2, 0.25) is 0 Å². The van der Waals surface area contributed by atoms with Crippen molar-refractivity contribution in [1.29, 1.82) is 5.26 Å². The first kappa shape index (κ1) is 12.1. The average Bonchev–Trinajstić information content (AvgIpc) is 2.85. The number of hydrogen-bond acceptors (Lipinski definition) is 5. The zero-order valence-corrected chi connectivity index (χ0v) is 9.61. The Labute approximate surface area is 100.0 Å². The first-order chi connectivity index (χ1) is 8.28. The summed E-state index contributed by atoms with van der Waals surface area (Å²) >= 11 is 0. The second-order valence-corrected chi connectivity index (χ2v) is 4.28. The summed E-state index contributed by atoms with van der Waals surface area (Å²) in [5, 5.41) is 21.4. The lowest BCUT2D eigenvalue weighted by atomic mass is 9.91. The van der Waals surface area contributed by atoms with E-state index in [0.717, 1.165) is 12.8 Å². The molecule has 1 aliphatic rings. The number of nitrogens with zero attached hydrogens (tertiary/aromatic N) is 1. The standard InChI is InChI=1S/C12H16N2O3/c13-7-10-1-2-11(17-10)8-14-12(9-15)3-5-16-6-4-12/h1-2,14-15H,3-6,8-9H2. The highest BCUT2D eigenvalue weighted by molar-refractivity contribution is 5.19. The molecule has 2 heterocycles. The van der Waals surface area contributed by atoms with Gasteiger partial charge in [0.15, 0.2) is 0 Å². The largest absolute Gasteiger partial charge is 0.449 e. The van der Waals surface area contributed by atoms with Crippen molar-refractivity contribution in [2.45, 2.75) is 24.9 Å². The summed E-state index contributed by atoms with van der Waals surface area (Å²) in [4.78, 5) is 0. The zero-order chi connectivity index (χ0) is 12.1. The van der Waals surface area contributed by atoms with Crippen LogP contribution in [0.5, 0.6) is 0 Å². The van der Waals surface area contributed by atoms with E-state index < -0.39 is 0 Å². The van der Waals surface area contributed by atoms with Gasteiger partial charge >= 0.3 is 0 Å². The van der Waals surface area contributed by atoms with Crippen LogP contribution in [0, 0.1) is 11.3 Å². The van der Waals surface area contributed by atoms with E-state index in [1.165, 1.54) is 0 Å². The van der Waals surface area contributed by atoms with Crippen molar-refractivity contribution in [2.24, 2.45) is 0 Å². The third kappa shape index (κ3) is 2.86. The number of ether oxygens (including phenoxy) is 1. The molecule has 0 atom stereocenters. The number of rotatable bonds is 4. The fourth-order valence-corrected chi connectivity index (χ4v) is 1.96. The Balaban J connectivity index is 1.93. The zero-order valence-electron chi connectivity index (χ0n) is 9.61. The van der Waals surface area contributed by atoms with Crippen LogP contribution in [0.3, 0.4) is 0 Å². The smallest absolute Gasteiger partial charge is 0.203 e. The normalized spacial score (nSPS) is 18.8. The lowest BCUT2D eigenvalue weighted by molar-refractivity contribution is 0.0104. The summed E-state index contributed by atoms with van der Waals surface area (Å²) in [6, 6.07) is 5.36. The second-order valence-electron chi connectivity index (χ2n) is 4.28. The molecule has 5 heteroatoms. The molecule has 0 aromatic carbocycles. The average molecular weight is 236 g/mol. The van der Waals surface area contributed by atoms with Crippen LogP contribution in [0.1, 0.15) is 24.4 Å². The molecule has 1 aromatic heterocycles. The fraction of sp³-hybridized carbons (Fsp3) is 0.583. The first-order valence-corrected chi connectivity index (χ1v) is 5.70. The van der Waals surface area contributed by atoms with E-state index in [4.69, 9.17) is 14.4 Å². The van der Waals surface area contributed by atoms with Crippen LogP contribution in [0.15, 0.2) is 16.5 Å². The number of hydrogen-bond donors (Lipinski definition) is 2. The van der Waals surface area contributed by atoms with Gasteiger partial charge in [-0.2, -0.15) is 5.26 Å². The van der Waals surface area contributed by atoms with Gasteiger partial charge < -0.3 is 19.6 Å². The highest BCUT2D eigenvalue weighted by Crippen LogP contribution is 2.21. The van der Waals surface area contributed by atoms with Gasteiger partial charge in [0.1, 0.15) is 11.8 Å². The Hall–Kier alpha value is -1.35. The fourth-order valence-electron chi connectivity index (χ4n) is 1.96. The molecule has 1 aromatic rings. The third-order valence-electron chi connectivity index (χ3n) is 3.16. The summed E-state index contributed by atoms with van der Waals surface area (Å²) in [6.45, 7) is 1.93. The van der Waals surface area contributed by atoms with Crippen molar-refractivity contribution in [3.8, 4) is 6.07 Å². The van der Waals surface area contributed by atoms with Crippen molar-refractivity contribution in [3.63, 3.8) is 0 Å². The van der Waals surface area contributed by atoms with Crippen molar-refractivity contribution in [2.75, 3.05) is 19.8 Å². The van der Waals surface area contributed by atoms with Crippen molar-refractivity contribution in [1.82, 2.24) is 5.32 Å². The van der Waals surface area contributed by atoms with E-state index in [0.29, 0.717) is 31.3 Å². The summed E-state index contributed by atoms with van der Waals surface area (Å²) in [5.41, 5.74) is -0.280. The number of nitrogens with one attached hydrogen (secondary N) is 1. The minimum absolute atomic E-state index is 0.0855. The predicted octanol–water partition coefficient (Wildman–Crippen LogP) is 0.782. The van der Waals surface area contributed by atoms with Gasteiger partial charge in [0.2, 0.25) is 5.76 Å². The number of nitriles is 1. The van der Waals surface area contributed by atoms with Crippen LogP contribution in [-0.4, -0.2) is 30.5 Å². The minimum atomic E-state index is -0.280. The van der Waals surface area contributed by atoms with Gasteiger partial charge in [-0.05, 0) is 25.0 Å². The van der Waals surface area contributed by atoms with E-state index in [1.807, 2.05) is 6.07 Å². The van der Waals surface area contributed by atoms with Crippen molar-refractivity contribution >= 4 is 0 Å². The molecule has 2 rings (SSSR count). The first-order valence-electron chi connectivity index (χ1n) is 5.70. The Morgan fingerprint density at radius 2 is 2.18 bits per heavy atom. The molecule has 0 aliphatic carbocycles. The van der Waals surface area contributed by atoms with E-state index >= 15 is 0 Å². The molecule has 1 fully saturated rings. The Morgan fingerprint density at radius 3 is 2.76 bits per heavy atom. The molecular formula is C12H16N2O3. The van der Waals surface area contributed by atoms with Crippen LogP contribution in [0.4, 0.5) is 0 Å². The predicted molar refractivity (Wildman–Crippen MR) is 60.1 cm³/mol. The molecule has 0 saturated carbocycles. The topological polar surface area (TPSA) is 78.4 Å². The Morgan fingerprint density at radius 1 is 1.41 bits per heavy atom. The van der Waals surface area contributed by atoms with Gasteiger partial charge in [-0.25, -0.2) is 0 Å². The van der Waals surface area contributed by atoms with E-state index in [-0.39, 0.29) is 12.1 Å². The Bertz CT molecular complexity index is 402. The number of aliphatic hydroxyl groups excluding tert-OH is 1. The number of aliphatic hydroxyl groups is 1. The molecular weight excluding hydrogens is 220 g/mol. The van der Waals surface area contributed by atoms with Crippen molar-refractivity contribution in [3.05, 3.63) is 23.7 Å². The summed E-state index contributed by atoms with van der Waals surface area (Å²) in [6.07, 6.45) is 1.57. The summed E-state index contributed by atoms with van der Waals surface area (Å²) in [7, 11) is 0. The maximum absolute atomic E-state index is 9.47. The molecule has 0 bridgehead atoms. The van der Waals surface area contributed by atoms with E-state index in [2.05, 4.69) is 5.32 Å². The molecule has 1 aliphatic heterocycles. The quantitative estimate of drug-likeness (QED) is 0.807. The molecule has 92 valence electrons. The van der Waals surface area contributed by atoms with Gasteiger partial charge in [-0.15, -0.1) is 0 Å². The van der Waals surface area contributed by atoms with Gasteiger partial charge in [-0.3, -0.25) is 0 Å². The highest BCUT2D eigenvalue weighted by Gasteiger charge is 2.31. The second kappa shape index (κ2) is 5.32. The van der Waals surface area contributed by atoms with Gasteiger partial charge in [0.05, 0.1) is 13.2 Å². The Kier molecular flexibility index (Phi) is 3.79. The monoisotopic (exact) mass is 236 g/mol. The maximum atomic E-state index is 9.47. The van der Waals surface area contributed by atoms with Crippen LogP contribution in [0.25, 0.3) is 0 Å². The molecule has 5 nitrogen and oxygen atoms in total. The van der Waals surface area contributed by atoms with E-state index in [1.54, 1.807) is 12.1 Å². The van der Waals surface area contributed by atoms with Crippen molar-refractivity contribution < 1.29 is 14.3 Å². The summed E-state index contributed by atoms with van der Waals surface area (Å²) < 4.78 is 10.6. The van der Waals surface area contributed by atoms with E-state index in [9.17, 15) is 5.11 Å². The SMILES string of the molecule is N#Cc1ccc(CNC2(CO)CCOCC2)o1. The molecule has 1 saturated heterocycles. The number of furan rings is 1. The molecule has 0 amide bonds. The third-order valence-corrected chi connectivity index (χ3v) is 3.16. The molecule has 0 unspecified atom stereocenters. The van der Waals surface area contributed by atoms with Crippen LogP contribution in [-0.2, 0) is 11.3 Å². The van der Waals surface area contributed by atoms with Gasteiger partial charge in [0.25, 0.3) is 0 Å². The van der Waals surface area contributed by atoms with Crippen LogP contribution >= 0.6 is 0 Å². The highest BCUT2D eigenvalue weighted by atomic mass is 16.5. The lowest BCUT2D eigenvalue weighted by Gasteiger charge is -2.36. The lowest BCUT2D eigenvalue weighted by Crippen LogP contribution is -2.51. The molecule has 0 spiro atoms. The molecule has 17 heavy (non-hydrogen) atoms. The van der Waals surface area contributed by atoms with Gasteiger partial charge in [-0.1, -0.05) is 0 Å². The van der Waals surface area contributed by atoms with Gasteiger partial charge in [0, 0.05) is 18.8 Å². The molecule has 2 N–H and O–H groups in total. The molecule has 0 radical (unpaired) electrons. The van der Waals surface area contributed by atoms with Crippen LogP contribution < -0.4 is 5.32 Å².